The summed E-state index contributed by atoms with van der Waals surface area (Å²) >= 11 is 6.01. The summed E-state index contributed by atoms with van der Waals surface area (Å²) in [5.74, 6) is -0.0394. The van der Waals surface area contributed by atoms with Crippen LogP contribution in [-0.2, 0) is 0 Å². The molecule has 0 bridgehead atoms. The second-order valence-electron chi connectivity index (χ2n) is 4.64. The third kappa shape index (κ3) is 3.47. The Morgan fingerprint density at radius 3 is 2.41 bits per heavy atom. The highest BCUT2D eigenvalue weighted by atomic mass is 35.5. The van der Waals surface area contributed by atoms with Gasteiger partial charge in [-0.2, -0.15) is 0 Å². The topological polar surface area (TPSA) is 29.1 Å². The third-order valence-corrected chi connectivity index (χ3v) is 3.64. The zero-order valence-electron chi connectivity index (χ0n) is 9.92. The van der Waals surface area contributed by atoms with Crippen molar-refractivity contribution in [2.24, 2.45) is 0 Å². The van der Waals surface area contributed by atoms with E-state index in [-0.39, 0.29) is 5.91 Å². The highest BCUT2D eigenvalue weighted by Crippen LogP contribution is 2.19. The van der Waals surface area contributed by atoms with E-state index in [0.29, 0.717) is 16.6 Å². The molecule has 0 saturated heterocycles. The standard InChI is InChI=1S/C14H18ClNO/c15-13-10-6-5-9-12(13)14(17)16-11-7-3-1-2-4-8-11/h5-6,9-11H,1-4,7-8H2,(H,16,17). The van der Waals surface area contributed by atoms with Crippen LogP contribution in [0.25, 0.3) is 0 Å². The molecule has 1 aliphatic rings. The summed E-state index contributed by atoms with van der Waals surface area (Å²) in [6, 6.07) is 7.53. The van der Waals surface area contributed by atoms with Gasteiger partial charge in [-0.05, 0) is 25.0 Å². The fraction of sp³-hybridized carbons (Fsp3) is 0.500. The van der Waals surface area contributed by atoms with Gasteiger partial charge < -0.3 is 5.32 Å². The van der Waals surface area contributed by atoms with Gasteiger partial charge in [-0.3, -0.25) is 4.79 Å². The van der Waals surface area contributed by atoms with Gasteiger partial charge in [0.15, 0.2) is 0 Å². The van der Waals surface area contributed by atoms with Crippen LogP contribution < -0.4 is 5.32 Å². The number of nitrogens with one attached hydrogen (secondary N) is 1. The molecule has 0 radical (unpaired) electrons. The summed E-state index contributed by atoms with van der Waals surface area (Å²) in [6.07, 6.45) is 7.20. The van der Waals surface area contributed by atoms with Gasteiger partial charge in [0, 0.05) is 6.04 Å². The van der Waals surface area contributed by atoms with E-state index < -0.39 is 0 Å². The van der Waals surface area contributed by atoms with Crippen molar-refractivity contribution in [1.29, 1.82) is 0 Å². The molecule has 2 rings (SSSR count). The summed E-state index contributed by atoms with van der Waals surface area (Å²) in [7, 11) is 0. The van der Waals surface area contributed by atoms with E-state index in [1.165, 1.54) is 25.7 Å². The molecule has 1 aromatic carbocycles. The minimum absolute atomic E-state index is 0.0394. The van der Waals surface area contributed by atoms with Crippen LogP contribution in [0.3, 0.4) is 0 Å². The number of amides is 1. The molecule has 0 aliphatic heterocycles. The average Bonchev–Trinajstić information content (AvgIpc) is 2.58. The molecular weight excluding hydrogens is 234 g/mol. The van der Waals surface area contributed by atoms with Gasteiger partial charge in [0.1, 0.15) is 0 Å². The normalized spacial score (nSPS) is 17.5. The lowest BCUT2D eigenvalue weighted by molar-refractivity contribution is 0.0933. The Labute approximate surface area is 107 Å². The lowest BCUT2D eigenvalue weighted by atomic mass is 10.1. The fourth-order valence-electron chi connectivity index (χ4n) is 2.33. The van der Waals surface area contributed by atoms with E-state index in [9.17, 15) is 4.79 Å². The molecule has 0 unspecified atom stereocenters. The Morgan fingerprint density at radius 2 is 1.76 bits per heavy atom. The van der Waals surface area contributed by atoms with Gasteiger partial charge >= 0.3 is 0 Å². The van der Waals surface area contributed by atoms with Crippen LogP contribution in [0.4, 0.5) is 0 Å². The first-order valence-corrected chi connectivity index (χ1v) is 6.70. The van der Waals surface area contributed by atoms with Crippen molar-refractivity contribution in [2.45, 2.75) is 44.6 Å². The van der Waals surface area contributed by atoms with Crippen molar-refractivity contribution in [3.8, 4) is 0 Å². The minimum Gasteiger partial charge on any atom is -0.349 e. The maximum Gasteiger partial charge on any atom is 0.253 e. The quantitative estimate of drug-likeness (QED) is 0.796. The predicted molar refractivity (Wildman–Crippen MR) is 70.4 cm³/mol. The Kier molecular flexibility index (Phi) is 4.43. The van der Waals surface area contributed by atoms with E-state index in [2.05, 4.69) is 5.32 Å². The summed E-state index contributed by atoms with van der Waals surface area (Å²) in [5.41, 5.74) is 0.582. The Hall–Kier alpha value is -1.02. The molecule has 1 N–H and O–H groups in total. The molecule has 92 valence electrons. The summed E-state index contributed by atoms with van der Waals surface area (Å²) in [6.45, 7) is 0. The Bertz CT molecular complexity index is 384. The van der Waals surface area contributed by atoms with Gasteiger partial charge in [0.05, 0.1) is 10.6 Å². The summed E-state index contributed by atoms with van der Waals surface area (Å²) in [4.78, 5) is 12.1. The number of carbonyl (C=O) groups excluding carboxylic acids is 1. The van der Waals surface area contributed by atoms with E-state index in [1.54, 1.807) is 12.1 Å². The van der Waals surface area contributed by atoms with Gasteiger partial charge in [-0.25, -0.2) is 0 Å². The van der Waals surface area contributed by atoms with Crippen LogP contribution in [0.1, 0.15) is 48.9 Å². The van der Waals surface area contributed by atoms with Gasteiger partial charge in [-0.15, -0.1) is 0 Å². The smallest absolute Gasteiger partial charge is 0.253 e. The van der Waals surface area contributed by atoms with Gasteiger partial charge in [0.2, 0.25) is 0 Å². The molecule has 1 amide bonds. The molecule has 1 aliphatic carbocycles. The summed E-state index contributed by atoms with van der Waals surface area (Å²) in [5, 5.41) is 3.62. The molecular formula is C14H18ClNO. The number of carbonyl (C=O) groups is 1. The number of halogens is 1. The van der Waals surface area contributed by atoms with Gasteiger partial charge in [-0.1, -0.05) is 49.4 Å². The molecule has 2 nitrogen and oxygen atoms in total. The lowest BCUT2D eigenvalue weighted by Gasteiger charge is -2.16. The molecule has 1 aromatic rings. The van der Waals surface area contributed by atoms with E-state index in [1.807, 2.05) is 12.1 Å². The van der Waals surface area contributed by atoms with E-state index >= 15 is 0 Å². The first kappa shape index (κ1) is 12.4. The second-order valence-corrected chi connectivity index (χ2v) is 5.05. The number of rotatable bonds is 2. The molecule has 0 aromatic heterocycles. The molecule has 17 heavy (non-hydrogen) atoms. The fourth-order valence-corrected chi connectivity index (χ4v) is 2.55. The third-order valence-electron chi connectivity index (χ3n) is 3.31. The van der Waals surface area contributed by atoms with Crippen molar-refractivity contribution in [3.63, 3.8) is 0 Å². The van der Waals surface area contributed by atoms with Crippen LogP contribution in [0, 0.1) is 0 Å². The van der Waals surface area contributed by atoms with Crippen molar-refractivity contribution < 1.29 is 4.79 Å². The van der Waals surface area contributed by atoms with Gasteiger partial charge in [0.25, 0.3) is 5.91 Å². The van der Waals surface area contributed by atoms with Crippen LogP contribution >= 0.6 is 11.6 Å². The molecule has 0 spiro atoms. The molecule has 1 saturated carbocycles. The average molecular weight is 252 g/mol. The molecule has 3 heteroatoms. The maximum atomic E-state index is 12.1. The number of benzene rings is 1. The lowest BCUT2D eigenvalue weighted by Crippen LogP contribution is -2.34. The summed E-state index contributed by atoms with van der Waals surface area (Å²) < 4.78 is 0. The number of hydrogen-bond acceptors (Lipinski definition) is 1. The second kappa shape index (κ2) is 6.06. The zero-order chi connectivity index (χ0) is 12.1. The van der Waals surface area contributed by atoms with Crippen molar-refractivity contribution in [3.05, 3.63) is 34.9 Å². The molecule has 0 heterocycles. The van der Waals surface area contributed by atoms with Crippen molar-refractivity contribution >= 4 is 17.5 Å². The van der Waals surface area contributed by atoms with E-state index in [4.69, 9.17) is 11.6 Å². The number of hydrogen-bond donors (Lipinski definition) is 1. The SMILES string of the molecule is O=C(NC1CCCCCC1)c1ccccc1Cl. The van der Waals surface area contributed by atoms with Crippen LogP contribution in [0.2, 0.25) is 5.02 Å². The first-order valence-electron chi connectivity index (χ1n) is 6.33. The monoisotopic (exact) mass is 251 g/mol. The first-order chi connectivity index (χ1) is 8.27. The Morgan fingerprint density at radius 1 is 1.12 bits per heavy atom. The highest BCUT2D eigenvalue weighted by molar-refractivity contribution is 6.33. The van der Waals surface area contributed by atoms with Crippen molar-refractivity contribution in [2.75, 3.05) is 0 Å². The zero-order valence-corrected chi connectivity index (χ0v) is 10.7. The highest BCUT2D eigenvalue weighted by Gasteiger charge is 2.16. The van der Waals surface area contributed by atoms with E-state index in [0.717, 1.165) is 12.8 Å². The minimum atomic E-state index is -0.0394. The Balaban J connectivity index is 1.98. The largest absolute Gasteiger partial charge is 0.349 e. The molecule has 1 fully saturated rings. The van der Waals surface area contributed by atoms with Crippen molar-refractivity contribution in [1.82, 2.24) is 5.32 Å². The van der Waals surface area contributed by atoms with Crippen LogP contribution in [0.15, 0.2) is 24.3 Å². The van der Waals surface area contributed by atoms with Crippen LogP contribution in [-0.4, -0.2) is 11.9 Å². The maximum absolute atomic E-state index is 12.1. The predicted octanol–water partition coefficient (Wildman–Crippen LogP) is 3.79. The van der Waals surface area contributed by atoms with Crippen LogP contribution in [0.5, 0.6) is 0 Å². The molecule has 0 atom stereocenters.